The topological polar surface area (TPSA) is 77.3 Å². The molecule has 2 aromatic heterocycles. The Hall–Kier alpha value is -3.38. The van der Waals surface area contributed by atoms with Gasteiger partial charge in [-0.15, -0.1) is 0 Å². The van der Waals surface area contributed by atoms with E-state index in [1.165, 1.54) is 7.11 Å². The van der Waals surface area contributed by atoms with Gasteiger partial charge in [-0.1, -0.05) is 11.3 Å². The van der Waals surface area contributed by atoms with Crippen molar-refractivity contribution in [2.75, 3.05) is 25.1 Å². The number of hydrogen-bond acceptors (Lipinski definition) is 5. The molecular formula is C27H27B3FN5O2. The zero-order chi connectivity index (χ0) is 27.7. The second-order valence-corrected chi connectivity index (χ2v) is 10.5. The lowest BCUT2D eigenvalue weighted by Crippen LogP contribution is -2.66. The maximum absolute atomic E-state index is 16.8. The first-order chi connectivity index (χ1) is 17.9. The fourth-order valence-electron chi connectivity index (χ4n) is 6.16. The van der Waals surface area contributed by atoms with E-state index in [0.717, 1.165) is 0 Å². The summed E-state index contributed by atoms with van der Waals surface area (Å²) < 4.78 is 24.2. The molecule has 2 aromatic carbocycles. The normalized spacial score (nSPS) is 19.1. The Morgan fingerprint density at radius 2 is 1.82 bits per heavy atom. The summed E-state index contributed by atoms with van der Waals surface area (Å²) in [5.41, 5.74) is 1.76. The minimum absolute atomic E-state index is 0.184. The number of benzene rings is 2. The molecule has 3 heterocycles. The van der Waals surface area contributed by atoms with Gasteiger partial charge in [0.1, 0.15) is 17.1 Å². The van der Waals surface area contributed by atoms with Gasteiger partial charge < -0.3 is 24.1 Å². The van der Waals surface area contributed by atoms with E-state index in [1.54, 1.807) is 24.3 Å². The van der Waals surface area contributed by atoms with Crippen LogP contribution in [0.1, 0.15) is 39.3 Å². The number of piperazine rings is 1. The molecule has 1 aliphatic rings. The van der Waals surface area contributed by atoms with Crippen LogP contribution in [0.2, 0.25) is 0 Å². The molecule has 1 N–H and O–H groups in total. The lowest BCUT2D eigenvalue weighted by atomic mass is 9.47. The van der Waals surface area contributed by atoms with Crippen LogP contribution in [-0.4, -0.2) is 75.5 Å². The van der Waals surface area contributed by atoms with Crippen LogP contribution in [0.4, 0.5) is 10.1 Å². The summed E-state index contributed by atoms with van der Waals surface area (Å²) in [5, 5.41) is 9.18. The average molecular weight is 505 g/mol. The molecule has 0 amide bonds. The third-order valence-corrected chi connectivity index (χ3v) is 7.46. The second kappa shape index (κ2) is 9.13. The summed E-state index contributed by atoms with van der Waals surface area (Å²) in [4.78, 5) is 20.9. The molecule has 1 aliphatic heterocycles. The molecule has 2 atom stereocenters. The predicted octanol–water partition coefficient (Wildman–Crippen LogP) is 3.25. The minimum Gasteiger partial charge on any atom is -0.494 e. The maximum Gasteiger partial charge on any atom is 0.199 e. The Balaban J connectivity index is 1.82. The van der Waals surface area contributed by atoms with E-state index in [2.05, 4.69) is 11.1 Å². The number of nitriles is 1. The third kappa shape index (κ3) is 3.89. The van der Waals surface area contributed by atoms with Gasteiger partial charge in [-0.25, -0.2) is 4.39 Å². The standard InChI is InChI=1S/C27H27B3FN5O2/c1-13(2)35-23-18(25(37)21-17-7-6-16(10-32)8-19(17)33-26(21)35)9-20(38-5)24(22(23)31)34-11-14(3)36(15(4)12-34)27(28,29)30/h6-9,13-15,33H,11-12H2,1-5H3/t14-,15+. The zero-order valence-corrected chi connectivity index (χ0v) is 22.2. The molecule has 6 radical (unpaired) electrons. The number of methoxy groups -OCH3 is 1. The van der Waals surface area contributed by atoms with E-state index in [0.29, 0.717) is 40.6 Å². The first-order valence-electron chi connectivity index (χ1n) is 12.6. The SMILES string of the molecule is [B]C([B])([B])N1[C@H](C)CN(c2c(OC)cc3c(=O)c4c5ccc(C#N)cc5[nH]c4n(C(C)C)c3c2F)C[C@@H]1C. The van der Waals surface area contributed by atoms with Gasteiger partial charge >= 0.3 is 0 Å². The van der Waals surface area contributed by atoms with Crippen molar-refractivity contribution in [2.24, 2.45) is 0 Å². The van der Waals surface area contributed by atoms with Crippen molar-refractivity contribution in [3.63, 3.8) is 0 Å². The molecule has 0 saturated carbocycles. The van der Waals surface area contributed by atoms with Crippen molar-refractivity contribution in [1.82, 2.24) is 14.5 Å². The molecule has 1 fully saturated rings. The highest BCUT2D eigenvalue weighted by molar-refractivity contribution is 6.59. The Labute approximate surface area is 224 Å². The number of hydrogen-bond donors (Lipinski definition) is 1. The molecule has 188 valence electrons. The fourth-order valence-corrected chi connectivity index (χ4v) is 6.16. The number of H-pyrrole nitrogens is 1. The molecule has 11 heteroatoms. The lowest BCUT2D eigenvalue weighted by Gasteiger charge is -2.52. The van der Waals surface area contributed by atoms with Crippen molar-refractivity contribution in [3.8, 4) is 11.8 Å². The largest absolute Gasteiger partial charge is 0.494 e. The molecule has 1 saturated heterocycles. The maximum atomic E-state index is 16.8. The van der Waals surface area contributed by atoms with Gasteiger partial charge in [0.2, 0.25) is 0 Å². The van der Waals surface area contributed by atoms with E-state index in [-0.39, 0.29) is 45.9 Å². The summed E-state index contributed by atoms with van der Waals surface area (Å²) in [5.74, 6) is -0.281. The molecule has 0 bridgehead atoms. The molecule has 7 nitrogen and oxygen atoms in total. The van der Waals surface area contributed by atoms with Gasteiger partial charge in [0.25, 0.3) is 0 Å². The molecular weight excluding hydrogens is 478 g/mol. The Bertz CT molecular complexity index is 1670. The van der Waals surface area contributed by atoms with Crippen LogP contribution >= 0.6 is 0 Å². The number of rotatable bonds is 4. The van der Waals surface area contributed by atoms with Crippen LogP contribution in [-0.2, 0) is 0 Å². The number of halogens is 1. The van der Waals surface area contributed by atoms with Gasteiger partial charge in [0.05, 0.1) is 58.6 Å². The van der Waals surface area contributed by atoms with Gasteiger partial charge in [0, 0.05) is 42.1 Å². The monoisotopic (exact) mass is 505 g/mol. The quantitative estimate of drug-likeness (QED) is 0.432. The number of nitrogens with zero attached hydrogens (tertiary/aromatic N) is 4. The molecule has 38 heavy (non-hydrogen) atoms. The summed E-state index contributed by atoms with van der Waals surface area (Å²) in [6, 6.07) is 8.30. The number of aromatic nitrogens is 2. The molecule has 0 unspecified atom stereocenters. The first kappa shape index (κ1) is 26.2. The van der Waals surface area contributed by atoms with Crippen LogP contribution in [0.3, 0.4) is 0 Å². The molecule has 0 spiro atoms. The summed E-state index contributed by atoms with van der Waals surface area (Å²) >= 11 is 0. The van der Waals surface area contributed by atoms with Gasteiger partial charge in [0.15, 0.2) is 11.2 Å². The average Bonchev–Trinajstić information content (AvgIpc) is 3.21. The fraction of sp³-hybridized carbons (Fsp3) is 0.407. The number of fused-ring (bicyclic) bond motifs is 4. The van der Waals surface area contributed by atoms with Crippen molar-refractivity contribution < 1.29 is 9.13 Å². The number of nitrogens with one attached hydrogen (secondary N) is 1. The highest BCUT2D eigenvalue weighted by Gasteiger charge is 2.37. The molecule has 0 aliphatic carbocycles. The van der Waals surface area contributed by atoms with Crippen molar-refractivity contribution in [2.45, 2.75) is 51.1 Å². The van der Waals surface area contributed by atoms with E-state index < -0.39 is 11.1 Å². The summed E-state index contributed by atoms with van der Waals surface area (Å²) in [6.07, 6.45) is 0. The minimum atomic E-state index is -1.51. The van der Waals surface area contributed by atoms with Gasteiger partial charge in [-0.05, 0) is 45.9 Å². The second-order valence-electron chi connectivity index (χ2n) is 10.5. The van der Waals surface area contributed by atoms with E-state index in [1.807, 2.05) is 42.1 Å². The van der Waals surface area contributed by atoms with Crippen LogP contribution in [0.5, 0.6) is 5.75 Å². The smallest absolute Gasteiger partial charge is 0.199 e. The first-order valence-corrected chi connectivity index (χ1v) is 12.6. The van der Waals surface area contributed by atoms with Crippen molar-refractivity contribution in [1.29, 1.82) is 5.26 Å². The van der Waals surface area contributed by atoms with Crippen LogP contribution in [0.15, 0.2) is 29.1 Å². The number of anilines is 1. The highest BCUT2D eigenvalue weighted by Crippen LogP contribution is 2.40. The summed E-state index contributed by atoms with van der Waals surface area (Å²) in [7, 11) is 19.5. The van der Waals surface area contributed by atoms with Crippen LogP contribution in [0.25, 0.3) is 32.8 Å². The number of aromatic amines is 1. The molecule has 5 rings (SSSR count). The Kier molecular flexibility index (Phi) is 6.30. The zero-order valence-electron chi connectivity index (χ0n) is 22.2. The molecule has 4 aromatic rings. The van der Waals surface area contributed by atoms with Crippen molar-refractivity contribution >= 4 is 62.1 Å². The Morgan fingerprint density at radius 1 is 1.16 bits per heavy atom. The Morgan fingerprint density at radius 3 is 2.37 bits per heavy atom. The highest BCUT2D eigenvalue weighted by atomic mass is 19.1. The van der Waals surface area contributed by atoms with E-state index in [9.17, 15) is 10.1 Å². The van der Waals surface area contributed by atoms with E-state index >= 15 is 4.39 Å². The van der Waals surface area contributed by atoms with Crippen LogP contribution in [0, 0.1) is 17.1 Å². The van der Waals surface area contributed by atoms with Gasteiger partial charge in [-0.3, -0.25) is 4.79 Å². The van der Waals surface area contributed by atoms with Crippen molar-refractivity contribution in [3.05, 3.63) is 45.9 Å². The predicted molar refractivity (Wildman–Crippen MR) is 152 cm³/mol. The van der Waals surface area contributed by atoms with Crippen LogP contribution < -0.4 is 15.1 Å². The van der Waals surface area contributed by atoms with E-state index in [4.69, 9.17) is 28.3 Å². The lowest BCUT2D eigenvalue weighted by molar-refractivity contribution is 0.127. The third-order valence-electron chi connectivity index (χ3n) is 7.46. The number of pyridine rings is 1. The summed E-state index contributed by atoms with van der Waals surface area (Å²) in [6.45, 7) is 8.53. The number of ether oxygens (including phenoxy) is 1. The van der Waals surface area contributed by atoms with Gasteiger partial charge in [-0.2, -0.15) is 5.26 Å².